The molecule has 3 nitrogen and oxygen atoms in total. The van der Waals surface area contributed by atoms with Gasteiger partial charge in [-0.15, -0.1) is 0 Å². The van der Waals surface area contributed by atoms with Crippen LogP contribution < -0.4 is 0 Å². The molecule has 10 heterocycles. The first-order chi connectivity index (χ1) is 7.25. The van der Waals surface area contributed by atoms with Gasteiger partial charge in [0.2, 0.25) is 0 Å². The average molecular weight is 280 g/mol. The van der Waals surface area contributed by atoms with Crippen LogP contribution in [-0.4, -0.2) is 15.9 Å². The van der Waals surface area contributed by atoms with Crippen LogP contribution in [0, 0.1) is 0 Å². The Morgan fingerprint density at radius 3 is 1.56 bits per heavy atom. The Morgan fingerprint density at radius 1 is 0.938 bits per heavy atom. The number of hydrogen-bond donors (Lipinski definition) is 2. The van der Waals surface area contributed by atoms with Gasteiger partial charge in [-0.3, -0.25) is 0 Å². The monoisotopic (exact) mass is 280 g/mol. The van der Waals surface area contributed by atoms with Gasteiger partial charge in [0.1, 0.15) is 0 Å². The summed E-state index contributed by atoms with van der Waals surface area (Å²) in [5.74, 6) is 0. The fourth-order valence-electron chi connectivity index (χ4n) is 17.4. The molecule has 4 unspecified atom stereocenters. The first kappa shape index (κ1) is 6.21. The van der Waals surface area contributed by atoms with Gasteiger partial charge in [0, 0.05) is 0 Å². The second-order valence-corrected chi connectivity index (χ2v) is 36.0. The summed E-state index contributed by atoms with van der Waals surface area (Å²) in [5.41, 5.74) is 0. The van der Waals surface area contributed by atoms with Crippen molar-refractivity contribution in [2.24, 2.45) is 0 Å². The predicted molar refractivity (Wildman–Crippen MR) is 53.4 cm³/mol. The Kier molecular flexibility index (Phi) is 0.178. The minimum atomic E-state index is -3.75. The molecule has 16 heavy (non-hydrogen) atoms. The van der Waals surface area contributed by atoms with Gasteiger partial charge >= 0.3 is 82.3 Å². The molecule has 0 aliphatic carbocycles. The van der Waals surface area contributed by atoms with E-state index in [1.807, 2.05) is 0 Å². The summed E-state index contributed by atoms with van der Waals surface area (Å²) in [4.78, 5) is 29.4. The zero-order valence-electron chi connectivity index (χ0n) is 8.51. The van der Waals surface area contributed by atoms with Gasteiger partial charge in [-0.05, 0) is 0 Å². The molecule has 5 heteroatoms. The van der Waals surface area contributed by atoms with E-state index in [1.54, 1.807) is 0 Å². The van der Waals surface area contributed by atoms with Crippen molar-refractivity contribution < 1.29 is 20.9 Å². The number of fused-ring (bicyclic) bond motifs is 10. The number of rotatable bonds is 2. The molecule has 0 saturated carbocycles. The van der Waals surface area contributed by atoms with Gasteiger partial charge in [-0.2, -0.15) is 0 Å². The quantitative estimate of drug-likeness (QED) is 0.604. The van der Waals surface area contributed by atoms with Crippen LogP contribution in [0.4, 0.5) is 0 Å². The van der Waals surface area contributed by atoms with Gasteiger partial charge in [0.25, 0.3) is 0 Å². The summed E-state index contributed by atoms with van der Waals surface area (Å²) in [6, 6.07) is 0. The van der Waals surface area contributed by atoms with Gasteiger partial charge in [0.15, 0.2) is 0 Å². The van der Waals surface area contributed by atoms with Crippen molar-refractivity contribution in [2.45, 2.75) is 47.7 Å². The molecule has 2 N–H and O–H groups in total. The van der Waals surface area contributed by atoms with E-state index in [4.69, 9.17) is 0 Å². The molecule has 1 spiro atoms. The molecule has 4 atom stereocenters. The van der Waals surface area contributed by atoms with Crippen LogP contribution in [0.5, 0.6) is 0 Å². The Bertz CT molecular complexity index is 926. The standard InChI is InChI=1S/C6H8O3P.C5H5.Fe/c7-10(8,9)5-6-3-1-2-4-6;1-2-4-5-3-1;/h1-4H,5H2,(H2,7,8,9);1-5H;. The molecule has 0 amide bonds. The molecule has 0 bridgehead atoms. The van der Waals surface area contributed by atoms with Crippen molar-refractivity contribution in [3.63, 3.8) is 0 Å². The molecular formula is C11H13FeO3P. The van der Waals surface area contributed by atoms with E-state index in [-0.39, 0.29) is 0 Å². The van der Waals surface area contributed by atoms with Crippen LogP contribution in [-0.2, 0) is 11.1 Å². The van der Waals surface area contributed by atoms with E-state index in [0.717, 1.165) is 9.63 Å². The second-order valence-electron chi connectivity index (χ2n) is 10.7. The Morgan fingerprint density at radius 2 is 1.38 bits per heavy atom. The summed E-state index contributed by atoms with van der Waals surface area (Å²) in [6.07, 6.45) is 0.368. The summed E-state index contributed by atoms with van der Waals surface area (Å²) in [7, 11) is -3.75. The van der Waals surface area contributed by atoms with E-state index < -0.39 is 14.1 Å². The zero-order valence-corrected chi connectivity index (χ0v) is 10.5. The molecule has 10 aliphatic rings. The van der Waals surface area contributed by atoms with Crippen molar-refractivity contribution in [2.75, 3.05) is 6.16 Å². The van der Waals surface area contributed by atoms with Gasteiger partial charge < -0.3 is 0 Å². The Labute approximate surface area is 82.4 Å². The molecule has 10 saturated heterocycles. The van der Waals surface area contributed by atoms with E-state index >= 15 is 0 Å². The van der Waals surface area contributed by atoms with Crippen molar-refractivity contribution in [1.82, 2.24) is 0 Å². The maximum absolute atomic E-state index is 11.6. The summed E-state index contributed by atoms with van der Waals surface area (Å²) < 4.78 is 12.0. The molecule has 0 aromatic rings. The average Bonchev–Trinajstić information content (AvgIpc) is 3.10. The van der Waals surface area contributed by atoms with E-state index in [9.17, 15) is 14.4 Å². The van der Waals surface area contributed by atoms with Crippen LogP contribution in [0.25, 0.3) is 0 Å². The predicted octanol–water partition coefficient (Wildman–Crippen LogP) is 2.92. The molecule has 88 valence electrons. The number of hydrogen-bond acceptors (Lipinski definition) is 1. The fourth-order valence-corrected chi connectivity index (χ4v) is 96.3. The van der Waals surface area contributed by atoms with Crippen LogP contribution in [0.15, 0.2) is 0 Å². The van der Waals surface area contributed by atoms with Crippen molar-refractivity contribution in [1.29, 1.82) is 0 Å². The summed E-state index contributed by atoms with van der Waals surface area (Å²) in [5, 5.41) is 0. The third kappa shape index (κ3) is 0.0568. The fraction of sp³-hybridized carbons (Fsp3) is 1.00. The van der Waals surface area contributed by atoms with Gasteiger partial charge in [-0.1, -0.05) is 0 Å². The third-order valence-electron chi connectivity index (χ3n) is 15.4. The molecule has 0 aromatic carbocycles. The first-order valence-corrected chi connectivity index (χ1v) is 14.6. The minimum absolute atomic E-state index is 0.368. The summed E-state index contributed by atoms with van der Waals surface area (Å²) in [6.45, 7) is -3.15. The Balaban J connectivity index is 1.64. The topological polar surface area (TPSA) is 57.5 Å². The normalized spacial score (nSPS) is 127. The van der Waals surface area contributed by atoms with Crippen LogP contribution >= 0.6 is 7.60 Å². The van der Waals surface area contributed by atoms with Crippen molar-refractivity contribution in [3.8, 4) is 0 Å². The molecule has 10 aliphatic heterocycles. The van der Waals surface area contributed by atoms with Gasteiger partial charge in [-0.25, -0.2) is 0 Å². The molecule has 0 radical (unpaired) electrons. The first-order valence-electron chi connectivity index (χ1n) is 6.51. The zero-order chi connectivity index (χ0) is 10.2. The Hall–Kier alpha value is 0.669. The SMILES string of the molecule is O=P(O)(O)C[C]12[CH]3[CH]4[CH]5[CH]1[Fe]45321678[CH]2[CH]1[CH]6[CH]7[CH]28. The van der Waals surface area contributed by atoms with Crippen LogP contribution in [0.2, 0.25) is 47.7 Å². The third-order valence-corrected chi connectivity index (χ3v) is 59.6. The molecule has 10 fully saturated rings. The van der Waals surface area contributed by atoms with Crippen molar-refractivity contribution >= 4 is 7.60 Å². The van der Waals surface area contributed by atoms with Crippen LogP contribution in [0.1, 0.15) is 0 Å². The maximum atomic E-state index is 11.6. The molecule has 0 aromatic heterocycles. The van der Waals surface area contributed by atoms with E-state index in [2.05, 4.69) is 0 Å². The summed E-state index contributed by atoms with van der Waals surface area (Å²) >= 11 is 0. The van der Waals surface area contributed by atoms with Gasteiger partial charge in [0.05, 0.1) is 0 Å². The van der Waals surface area contributed by atoms with Crippen molar-refractivity contribution in [3.05, 3.63) is 0 Å². The second kappa shape index (κ2) is 0.459. The van der Waals surface area contributed by atoms with E-state index in [1.165, 1.54) is 33.7 Å². The molecule has 10 rings (SSSR count). The molecular weight excluding hydrogens is 267 g/mol. The van der Waals surface area contributed by atoms with Crippen LogP contribution in [0.3, 0.4) is 0 Å². The van der Waals surface area contributed by atoms with E-state index in [0.29, 0.717) is 10.5 Å².